The van der Waals surface area contributed by atoms with Gasteiger partial charge in [-0.05, 0) is 36.8 Å². The van der Waals surface area contributed by atoms with Gasteiger partial charge in [-0.15, -0.1) is 0 Å². The highest BCUT2D eigenvalue weighted by Crippen LogP contribution is 2.24. The van der Waals surface area contributed by atoms with Gasteiger partial charge >= 0.3 is 0 Å². The first-order valence-electron chi connectivity index (χ1n) is 9.48. The summed E-state index contributed by atoms with van der Waals surface area (Å²) in [6.45, 7) is 5.82. The summed E-state index contributed by atoms with van der Waals surface area (Å²) in [5, 5.41) is 3.12. The van der Waals surface area contributed by atoms with Crippen molar-refractivity contribution < 1.29 is 9.53 Å². The van der Waals surface area contributed by atoms with Crippen molar-refractivity contribution in [3.8, 4) is 0 Å². The number of amides is 1. The Kier molecular flexibility index (Phi) is 6.48. The van der Waals surface area contributed by atoms with E-state index in [-0.39, 0.29) is 11.9 Å². The zero-order chi connectivity index (χ0) is 19.2. The van der Waals surface area contributed by atoms with Gasteiger partial charge in [0.2, 0.25) is 0 Å². The third kappa shape index (κ3) is 5.08. The number of anilines is 1. The van der Waals surface area contributed by atoms with Crippen molar-refractivity contribution >= 4 is 11.6 Å². The summed E-state index contributed by atoms with van der Waals surface area (Å²) >= 11 is 0. The monoisotopic (exact) mass is 367 g/mol. The molecule has 2 aromatic rings. The van der Waals surface area contributed by atoms with Crippen LogP contribution in [0.25, 0.3) is 0 Å². The number of nitrogens with one attached hydrogen (secondary N) is 1. The topological polar surface area (TPSA) is 44.8 Å². The van der Waals surface area contributed by atoms with Gasteiger partial charge in [-0.25, -0.2) is 0 Å². The van der Waals surface area contributed by atoms with Gasteiger partial charge in [-0.1, -0.05) is 29.8 Å². The third-order valence-corrected chi connectivity index (χ3v) is 5.05. The van der Waals surface area contributed by atoms with Crippen LogP contribution in [0, 0.1) is 6.92 Å². The number of ether oxygens (including phenoxy) is 1. The normalized spacial score (nSPS) is 16.0. The Hall–Kier alpha value is -2.37. The van der Waals surface area contributed by atoms with Crippen LogP contribution in [0.1, 0.15) is 27.5 Å². The number of nitrogens with zero attached hydrogens (tertiary/aromatic N) is 2. The molecule has 1 fully saturated rings. The van der Waals surface area contributed by atoms with Gasteiger partial charge in [-0.2, -0.15) is 0 Å². The molecule has 1 saturated heterocycles. The highest BCUT2D eigenvalue weighted by Gasteiger charge is 2.23. The predicted octanol–water partition coefficient (Wildman–Crippen LogP) is 2.86. The number of rotatable bonds is 6. The highest BCUT2D eigenvalue weighted by atomic mass is 16.5. The van der Waals surface area contributed by atoms with E-state index in [0.717, 1.165) is 31.9 Å². The van der Waals surface area contributed by atoms with Gasteiger partial charge in [0.15, 0.2) is 0 Å². The lowest BCUT2D eigenvalue weighted by Gasteiger charge is -2.35. The maximum absolute atomic E-state index is 12.6. The van der Waals surface area contributed by atoms with Crippen LogP contribution in [0.3, 0.4) is 0 Å². The molecule has 144 valence electrons. The number of hydrogen-bond acceptors (Lipinski definition) is 4. The first-order chi connectivity index (χ1) is 13.0. The average molecular weight is 367 g/mol. The van der Waals surface area contributed by atoms with Crippen LogP contribution < -0.4 is 10.2 Å². The number of benzene rings is 2. The van der Waals surface area contributed by atoms with E-state index >= 15 is 0 Å². The van der Waals surface area contributed by atoms with E-state index in [9.17, 15) is 4.79 Å². The van der Waals surface area contributed by atoms with Gasteiger partial charge < -0.3 is 15.0 Å². The van der Waals surface area contributed by atoms with Crippen molar-refractivity contribution in [2.75, 3.05) is 51.8 Å². The molecule has 1 heterocycles. The molecule has 0 spiro atoms. The molecule has 1 amide bonds. The number of hydrogen-bond donors (Lipinski definition) is 1. The van der Waals surface area contributed by atoms with E-state index < -0.39 is 0 Å². The van der Waals surface area contributed by atoms with E-state index in [2.05, 4.69) is 39.4 Å². The van der Waals surface area contributed by atoms with Crippen molar-refractivity contribution in [2.45, 2.75) is 13.0 Å². The molecule has 0 aliphatic carbocycles. The summed E-state index contributed by atoms with van der Waals surface area (Å²) in [6.07, 6.45) is 0. The van der Waals surface area contributed by atoms with Crippen molar-refractivity contribution in [1.82, 2.24) is 10.2 Å². The van der Waals surface area contributed by atoms with Crippen molar-refractivity contribution in [3.63, 3.8) is 0 Å². The third-order valence-electron chi connectivity index (χ3n) is 5.05. The summed E-state index contributed by atoms with van der Waals surface area (Å²) in [5.41, 5.74) is 4.23. The van der Waals surface area contributed by atoms with Gasteiger partial charge in [0.1, 0.15) is 0 Å². The Balaban J connectivity index is 1.73. The average Bonchev–Trinajstić information content (AvgIpc) is 2.69. The summed E-state index contributed by atoms with van der Waals surface area (Å²) in [6, 6.07) is 16.4. The molecule has 5 heteroatoms. The fourth-order valence-electron chi connectivity index (χ4n) is 3.34. The van der Waals surface area contributed by atoms with Crippen LogP contribution in [-0.2, 0) is 4.74 Å². The fourth-order valence-corrected chi connectivity index (χ4v) is 3.34. The second-order valence-electron chi connectivity index (χ2n) is 7.23. The number of carbonyl (C=O) groups excluding carboxylic acids is 1. The zero-order valence-corrected chi connectivity index (χ0v) is 16.4. The van der Waals surface area contributed by atoms with Crippen LogP contribution in [0.5, 0.6) is 0 Å². The van der Waals surface area contributed by atoms with Crippen molar-refractivity contribution in [2.24, 2.45) is 0 Å². The molecule has 0 unspecified atom stereocenters. The maximum Gasteiger partial charge on any atom is 0.251 e. The van der Waals surface area contributed by atoms with E-state index in [1.165, 1.54) is 11.3 Å². The molecule has 0 radical (unpaired) electrons. The second-order valence-corrected chi connectivity index (χ2v) is 7.23. The standard InChI is InChI=1S/C22H29N3O2/c1-17-4-6-19(7-5-17)22(26)23-16-21(25-12-14-27-15-13-25)18-8-10-20(11-9-18)24(2)3/h4-11,21H,12-16H2,1-3H3,(H,23,26)/t21-/m0/s1. The Morgan fingerprint density at radius 2 is 1.70 bits per heavy atom. The fraction of sp³-hybridized carbons (Fsp3) is 0.409. The first-order valence-corrected chi connectivity index (χ1v) is 9.48. The lowest BCUT2D eigenvalue weighted by molar-refractivity contribution is 0.0162. The first kappa shape index (κ1) is 19.4. The molecule has 1 aliphatic rings. The minimum Gasteiger partial charge on any atom is -0.379 e. The molecule has 0 aromatic heterocycles. The summed E-state index contributed by atoms with van der Waals surface area (Å²) in [4.78, 5) is 17.0. The van der Waals surface area contributed by atoms with Crippen LogP contribution in [0.2, 0.25) is 0 Å². The predicted molar refractivity (Wildman–Crippen MR) is 109 cm³/mol. The molecule has 27 heavy (non-hydrogen) atoms. The van der Waals surface area contributed by atoms with Crippen LogP contribution in [0.15, 0.2) is 48.5 Å². The summed E-state index contributed by atoms with van der Waals surface area (Å²) in [5.74, 6) is -0.0295. The molecular weight excluding hydrogens is 338 g/mol. The lowest BCUT2D eigenvalue weighted by Crippen LogP contribution is -2.43. The van der Waals surface area contributed by atoms with Gasteiger partial charge in [0, 0.05) is 45.0 Å². The largest absolute Gasteiger partial charge is 0.379 e. The van der Waals surface area contributed by atoms with Gasteiger partial charge in [0.25, 0.3) is 5.91 Å². The van der Waals surface area contributed by atoms with Crippen molar-refractivity contribution in [1.29, 1.82) is 0 Å². The molecule has 0 bridgehead atoms. The van der Waals surface area contributed by atoms with Crippen LogP contribution in [0.4, 0.5) is 5.69 Å². The van der Waals surface area contributed by atoms with E-state index in [4.69, 9.17) is 4.74 Å². The molecule has 2 aromatic carbocycles. The Morgan fingerprint density at radius 1 is 1.07 bits per heavy atom. The molecule has 5 nitrogen and oxygen atoms in total. The van der Waals surface area contributed by atoms with Gasteiger partial charge in [0.05, 0.1) is 19.3 Å². The van der Waals surface area contributed by atoms with Crippen LogP contribution in [-0.4, -0.2) is 57.8 Å². The SMILES string of the molecule is Cc1ccc(C(=O)NC[C@@H](c2ccc(N(C)C)cc2)N2CCOCC2)cc1. The lowest BCUT2D eigenvalue weighted by atomic mass is 10.0. The highest BCUT2D eigenvalue weighted by molar-refractivity contribution is 5.94. The van der Waals surface area contributed by atoms with E-state index in [1.807, 2.05) is 45.3 Å². The minimum absolute atomic E-state index is 0.0295. The zero-order valence-electron chi connectivity index (χ0n) is 16.4. The number of carbonyl (C=O) groups is 1. The van der Waals surface area contributed by atoms with Crippen molar-refractivity contribution in [3.05, 3.63) is 65.2 Å². The second kappa shape index (κ2) is 9.02. The molecule has 3 rings (SSSR count). The smallest absolute Gasteiger partial charge is 0.251 e. The van der Waals surface area contributed by atoms with E-state index in [1.54, 1.807) is 0 Å². The van der Waals surface area contributed by atoms with Gasteiger partial charge in [-0.3, -0.25) is 9.69 Å². The molecule has 1 atom stereocenters. The molecule has 0 saturated carbocycles. The number of morpholine rings is 1. The quantitative estimate of drug-likeness (QED) is 0.853. The summed E-state index contributed by atoms with van der Waals surface area (Å²) in [7, 11) is 4.08. The Bertz CT molecular complexity index is 735. The Morgan fingerprint density at radius 3 is 2.30 bits per heavy atom. The Labute approximate surface area is 161 Å². The summed E-state index contributed by atoms with van der Waals surface area (Å²) < 4.78 is 5.51. The van der Waals surface area contributed by atoms with E-state index in [0.29, 0.717) is 12.1 Å². The molecular formula is C22H29N3O2. The number of aryl methyl sites for hydroxylation is 1. The molecule has 1 N–H and O–H groups in total. The maximum atomic E-state index is 12.6. The minimum atomic E-state index is -0.0295. The van der Waals surface area contributed by atoms with Crippen LogP contribution >= 0.6 is 0 Å². The molecule has 1 aliphatic heterocycles.